The summed E-state index contributed by atoms with van der Waals surface area (Å²) < 4.78 is 0. The molecule has 1 atom stereocenters. The molecule has 0 radical (unpaired) electrons. The monoisotopic (exact) mass is 369 g/mol. The van der Waals surface area contributed by atoms with E-state index >= 15 is 0 Å². The largest absolute Gasteiger partial charge is 0.310 e. The van der Waals surface area contributed by atoms with Crippen molar-refractivity contribution in [2.75, 3.05) is 16.8 Å². The highest BCUT2D eigenvalue weighted by Gasteiger charge is 2.36. The molecule has 1 aromatic heterocycles. The van der Waals surface area contributed by atoms with Crippen molar-refractivity contribution in [1.29, 1.82) is 0 Å². The topological polar surface area (TPSA) is 62.3 Å². The van der Waals surface area contributed by atoms with Gasteiger partial charge in [-0.05, 0) is 19.1 Å². The van der Waals surface area contributed by atoms with Crippen LogP contribution in [0.4, 0.5) is 10.8 Å². The Morgan fingerprint density at radius 3 is 2.91 bits per heavy atom. The second kappa shape index (κ2) is 6.47. The summed E-state index contributed by atoms with van der Waals surface area (Å²) in [5, 5.41) is 3.99. The van der Waals surface area contributed by atoms with E-state index in [1.165, 1.54) is 16.2 Å². The standard InChI is InChI=1S/C15H13Cl2N3O2S/c1-8-6-18-15(23-8)19-14(22)9-5-12(21)20(7-9)11-4-2-3-10(16)13(11)17/h2-4,6,9H,5,7H2,1H3,(H,18,19,22)/t9-/m1/s1. The highest BCUT2D eigenvalue weighted by molar-refractivity contribution is 7.15. The maximum absolute atomic E-state index is 12.3. The second-order valence-corrected chi connectivity index (χ2v) is 7.26. The third-order valence-electron chi connectivity index (χ3n) is 3.57. The molecule has 0 aliphatic carbocycles. The van der Waals surface area contributed by atoms with Gasteiger partial charge in [-0.3, -0.25) is 9.59 Å². The van der Waals surface area contributed by atoms with E-state index in [1.54, 1.807) is 24.4 Å². The predicted molar refractivity (Wildman–Crippen MR) is 92.4 cm³/mol. The Morgan fingerprint density at radius 2 is 2.22 bits per heavy atom. The molecule has 1 aliphatic heterocycles. The fourth-order valence-electron chi connectivity index (χ4n) is 2.44. The van der Waals surface area contributed by atoms with Gasteiger partial charge in [0.05, 0.1) is 21.7 Å². The minimum absolute atomic E-state index is 0.138. The number of carbonyl (C=O) groups excluding carboxylic acids is 2. The molecule has 1 N–H and O–H groups in total. The first-order chi connectivity index (χ1) is 11.0. The lowest BCUT2D eigenvalue weighted by Gasteiger charge is -2.18. The molecule has 0 unspecified atom stereocenters. The van der Waals surface area contributed by atoms with Gasteiger partial charge in [-0.25, -0.2) is 4.98 Å². The number of nitrogens with one attached hydrogen (secondary N) is 1. The number of halogens is 2. The molecule has 3 rings (SSSR count). The van der Waals surface area contributed by atoms with Crippen LogP contribution >= 0.6 is 34.5 Å². The molecule has 0 spiro atoms. The fraction of sp³-hybridized carbons (Fsp3) is 0.267. The average molecular weight is 370 g/mol. The van der Waals surface area contributed by atoms with Gasteiger partial charge in [0.25, 0.3) is 0 Å². The summed E-state index contributed by atoms with van der Waals surface area (Å²) in [6.45, 7) is 2.18. The average Bonchev–Trinajstić information content (AvgIpc) is 3.08. The fourth-order valence-corrected chi connectivity index (χ4v) is 3.50. The summed E-state index contributed by atoms with van der Waals surface area (Å²) >= 11 is 13.6. The number of anilines is 2. The van der Waals surface area contributed by atoms with Gasteiger partial charge in [-0.1, -0.05) is 29.3 Å². The SMILES string of the molecule is Cc1cnc(NC(=O)[C@@H]2CC(=O)N(c3cccc(Cl)c3Cl)C2)s1. The van der Waals surface area contributed by atoms with Gasteiger partial charge in [-0.15, -0.1) is 11.3 Å². The number of hydrogen-bond donors (Lipinski definition) is 1. The van der Waals surface area contributed by atoms with E-state index in [0.717, 1.165) is 4.88 Å². The van der Waals surface area contributed by atoms with Gasteiger partial charge in [-0.2, -0.15) is 0 Å². The lowest BCUT2D eigenvalue weighted by Crippen LogP contribution is -2.28. The Morgan fingerprint density at radius 1 is 1.43 bits per heavy atom. The van der Waals surface area contributed by atoms with Crippen molar-refractivity contribution in [3.63, 3.8) is 0 Å². The number of benzene rings is 1. The molecule has 120 valence electrons. The van der Waals surface area contributed by atoms with Gasteiger partial charge < -0.3 is 10.2 Å². The van der Waals surface area contributed by atoms with Crippen molar-refractivity contribution in [2.45, 2.75) is 13.3 Å². The first-order valence-electron chi connectivity index (χ1n) is 6.93. The van der Waals surface area contributed by atoms with Crippen LogP contribution in [-0.2, 0) is 9.59 Å². The molecule has 0 bridgehead atoms. The molecule has 1 saturated heterocycles. The number of thiazole rings is 1. The first-order valence-corrected chi connectivity index (χ1v) is 8.50. The van der Waals surface area contributed by atoms with Crippen LogP contribution in [0.15, 0.2) is 24.4 Å². The van der Waals surface area contributed by atoms with E-state index in [-0.39, 0.29) is 24.8 Å². The second-order valence-electron chi connectivity index (χ2n) is 5.24. The van der Waals surface area contributed by atoms with Crippen LogP contribution in [-0.4, -0.2) is 23.3 Å². The van der Waals surface area contributed by atoms with E-state index in [2.05, 4.69) is 10.3 Å². The van der Waals surface area contributed by atoms with Crippen LogP contribution < -0.4 is 10.2 Å². The van der Waals surface area contributed by atoms with Crippen molar-refractivity contribution in [3.8, 4) is 0 Å². The summed E-state index contributed by atoms with van der Waals surface area (Å²) in [5.74, 6) is -0.806. The summed E-state index contributed by atoms with van der Waals surface area (Å²) in [5.41, 5.74) is 0.532. The number of aromatic nitrogens is 1. The van der Waals surface area contributed by atoms with E-state index in [4.69, 9.17) is 23.2 Å². The van der Waals surface area contributed by atoms with Crippen LogP contribution in [0.3, 0.4) is 0 Å². The summed E-state index contributed by atoms with van der Waals surface area (Å²) in [6.07, 6.45) is 1.83. The summed E-state index contributed by atoms with van der Waals surface area (Å²) in [7, 11) is 0. The minimum atomic E-state index is -0.443. The molecular weight excluding hydrogens is 357 g/mol. The van der Waals surface area contributed by atoms with Gasteiger partial charge in [0.15, 0.2) is 5.13 Å². The third-order valence-corrected chi connectivity index (χ3v) is 5.21. The molecule has 1 aliphatic rings. The highest BCUT2D eigenvalue weighted by atomic mass is 35.5. The lowest BCUT2D eigenvalue weighted by molar-refractivity contribution is -0.122. The molecular formula is C15H13Cl2N3O2S. The molecule has 2 amide bonds. The minimum Gasteiger partial charge on any atom is -0.310 e. The van der Waals surface area contributed by atoms with Crippen LogP contribution in [0.2, 0.25) is 10.0 Å². The molecule has 2 aromatic rings. The Kier molecular flexibility index (Phi) is 4.57. The number of nitrogens with zero attached hydrogens (tertiary/aromatic N) is 2. The molecule has 1 fully saturated rings. The zero-order chi connectivity index (χ0) is 16.6. The first kappa shape index (κ1) is 16.2. The predicted octanol–water partition coefficient (Wildman–Crippen LogP) is 3.75. The zero-order valence-corrected chi connectivity index (χ0v) is 14.5. The van der Waals surface area contributed by atoms with E-state index < -0.39 is 5.92 Å². The molecule has 2 heterocycles. The number of aryl methyl sites for hydroxylation is 1. The van der Waals surface area contributed by atoms with E-state index in [1.807, 2.05) is 6.92 Å². The maximum atomic E-state index is 12.3. The number of amides is 2. The normalized spacial score (nSPS) is 17.6. The van der Waals surface area contributed by atoms with Crippen molar-refractivity contribution in [2.24, 2.45) is 5.92 Å². The third kappa shape index (κ3) is 3.34. The van der Waals surface area contributed by atoms with Crippen molar-refractivity contribution in [3.05, 3.63) is 39.3 Å². The van der Waals surface area contributed by atoms with Gasteiger partial charge >= 0.3 is 0 Å². The van der Waals surface area contributed by atoms with Crippen molar-refractivity contribution in [1.82, 2.24) is 4.98 Å². The molecule has 5 nitrogen and oxygen atoms in total. The summed E-state index contributed by atoms with van der Waals surface area (Å²) in [4.78, 5) is 31.2. The number of hydrogen-bond acceptors (Lipinski definition) is 4. The molecule has 1 aromatic carbocycles. The van der Waals surface area contributed by atoms with E-state index in [0.29, 0.717) is 20.9 Å². The Hall–Kier alpha value is -1.63. The maximum Gasteiger partial charge on any atom is 0.231 e. The Labute approximate surface area is 147 Å². The van der Waals surface area contributed by atoms with Crippen molar-refractivity contribution >= 4 is 57.2 Å². The Bertz CT molecular complexity index is 778. The van der Waals surface area contributed by atoms with Crippen LogP contribution in [0.5, 0.6) is 0 Å². The molecule has 8 heteroatoms. The Balaban J connectivity index is 1.74. The van der Waals surface area contributed by atoms with Crippen LogP contribution in [0, 0.1) is 12.8 Å². The van der Waals surface area contributed by atoms with Gasteiger partial charge in [0, 0.05) is 24.0 Å². The molecule has 0 saturated carbocycles. The lowest BCUT2D eigenvalue weighted by atomic mass is 10.1. The number of rotatable bonds is 3. The van der Waals surface area contributed by atoms with Gasteiger partial charge in [0.2, 0.25) is 11.8 Å². The van der Waals surface area contributed by atoms with Gasteiger partial charge in [0.1, 0.15) is 0 Å². The van der Waals surface area contributed by atoms with E-state index in [9.17, 15) is 9.59 Å². The van der Waals surface area contributed by atoms with Crippen molar-refractivity contribution < 1.29 is 9.59 Å². The number of carbonyl (C=O) groups is 2. The van der Waals surface area contributed by atoms with Crippen LogP contribution in [0.25, 0.3) is 0 Å². The quantitative estimate of drug-likeness (QED) is 0.895. The zero-order valence-electron chi connectivity index (χ0n) is 12.2. The smallest absolute Gasteiger partial charge is 0.231 e. The highest BCUT2D eigenvalue weighted by Crippen LogP contribution is 2.36. The summed E-state index contributed by atoms with van der Waals surface area (Å²) in [6, 6.07) is 5.10. The molecule has 23 heavy (non-hydrogen) atoms. The van der Waals surface area contributed by atoms with Crippen LogP contribution in [0.1, 0.15) is 11.3 Å².